The van der Waals surface area contributed by atoms with Crippen LogP contribution in [0.4, 0.5) is 0 Å². The second-order valence-electron chi connectivity index (χ2n) is 8.46. The van der Waals surface area contributed by atoms with E-state index in [9.17, 15) is 19.2 Å². The van der Waals surface area contributed by atoms with Crippen molar-refractivity contribution in [2.24, 2.45) is 11.7 Å². The molecule has 30 heavy (non-hydrogen) atoms. The fourth-order valence-corrected chi connectivity index (χ4v) is 3.09. The molecule has 3 atom stereocenters. The predicted octanol–water partition coefficient (Wildman–Crippen LogP) is 0.987. The van der Waals surface area contributed by atoms with Gasteiger partial charge < -0.3 is 25.8 Å². The summed E-state index contributed by atoms with van der Waals surface area (Å²) in [5.74, 6) is -1.57. The van der Waals surface area contributed by atoms with E-state index in [1.165, 1.54) is 18.9 Å². The van der Waals surface area contributed by atoms with E-state index in [-0.39, 0.29) is 18.8 Å². The second-order valence-corrected chi connectivity index (χ2v) is 9.37. The maximum Gasteiger partial charge on any atom is 0.328 e. The Bertz CT molecular complexity index is 592. The van der Waals surface area contributed by atoms with Crippen molar-refractivity contribution in [3.63, 3.8) is 0 Å². The summed E-state index contributed by atoms with van der Waals surface area (Å²) in [6.07, 6.45) is 2.28. The van der Waals surface area contributed by atoms with Crippen molar-refractivity contribution < 1.29 is 28.7 Å². The zero-order chi connectivity index (χ0) is 23.5. The Morgan fingerprint density at radius 3 is 2.07 bits per heavy atom. The van der Waals surface area contributed by atoms with Crippen LogP contribution in [0.2, 0.25) is 0 Å². The number of hydrogen-bond donors (Lipinski definition) is 3. The molecule has 0 radical (unpaired) electrons. The van der Waals surface area contributed by atoms with E-state index in [1.54, 1.807) is 27.0 Å². The first-order valence-electron chi connectivity index (χ1n) is 9.95. The molecule has 0 spiro atoms. The zero-order valence-corrected chi connectivity index (χ0v) is 19.9. The van der Waals surface area contributed by atoms with Gasteiger partial charge in [-0.3, -0.25) is 14.4 Å². The molecule has 4 N–H and O–H groups in total. The Morgan fingerprint density at radius 1 is 1.03 bits per heavy atom. The predicted molar refractivity (Wildman–Crippen MR) is 117 cm³/mol. The fraction of sp³-hybridized carbons (Fsp3) is 0.800. The van der Waals surface area contributed by atoms with Crippen molar-refractivity contribution in [1.82, 2.24) is 10.6 Å². The van der Waals surface area contributed by atoms with Crippen molar-refractivity contribution in [2.75, 3.05) is 19.1 Å². The average molecular weight is 448 g/mol. The van der Waals surface area contributed by atoms with Gasteiger partial charge in [-0.05, 0) is 45.8 Å². The summed E-state index contributed by atoms with van der Waals surface area (Å²) < 4.78 is 9.95. The maximum atomic E-state index is 12.7. The molecule has 10 heteroatoms. The lowest BCUT2D eigenvalue weighted by Gasteiger charge is -2.24. The highest BCUT2D eigenvalue weighted by Gasteiger charge is 2.29. The average Bonchev–Trinajstić information content (AvgIpc) is 2.62. The Hall–Kier alpha value is -1.81. The lowest BCUT2D eigenvalue weighted by Crippen LogP contribution is -2.55. The molecule has 0 aromatic rings. The van der Waals surface area contributed by atoms with Gasteiger partial charge in [-0.1, -0.05) is 13.8 Å². The van der Waals surface area contributed by atoms with Gasteiger partial charge in [-0.2, -0.15) is 11.8 Å². The number of methoxy groups -OCH3 is 1. The lowest BCUT2D eigenvalue weighted by molar-refractivity contribution is -0.155. The number of carbonyl (C=O) groups is 4. The van der Waals surface area contributed by atoms with Gasteiger partial charge in [0.15, 0.2) is 0 Å². The first-order valence-corrected chi connectivity index (χ1v) is 11.3. The van der Waals surface area contributed by atoms with Gasteiger partial charge in [-0.25, -0.2) is 4.79 Å². The van der Waals surface area contributed by atoms with Crippen LogP contribution < -0.4 is 16.4 Å². The van der Waals surface area contributed by atoms with Crippen molar-refractivity contribution >= 4 is 35.5 Å². The third-order valence-electron chi connectivity index (χ3n) is 3.89. The first-order chi connectivity index (χ1) is 13.8. The summed E-state index contributed by atoms with van der Waals surface area (Å²) in [7, 11) is 1.26. The SMILES string of the molecule is COC(=O)[C@H](CC(C)C)NC(=O)[C@H](CSC)NC(=O)[C@@H](N)CCC(=O)OC(C)(C)C. The number of nitrogens with two attached hydrogens (primary N) is 1. The topological polar surface area (TPSA) is 137 Å². The number of thioether (sulfide) groups is 1. The fourth-order valence-electron chi connectivity index (χ4n) is 2.53. The van der Waals surface area contributed by atoms with Crippen LogP contribution in [-0.4, -0.2) is 66.6 Å². The Morgan fingerprint density at radius 2 is 1.60 bits per heavy atom. The van der Waals surface area contributed by atoms with Crippen LogP contribution in [0, 0.1) is 5.92 Å². The van der Waals surface area contributed by atoms with E-state index in [0.29, 0.717) is 12.2 Å². The van der Waals surface area contributed by atoms with Crippen LogP contribution in [0.5, 0.6) is 0 Å². The molecule has 0 aromatic carbocycles. The Kier molecular flexibility index (Phi) is 12.7. The van der Waals surface area contributed by atoms with Crippen molar-refractivity contribution in [3.8, 4) is 0 Å². The molecule has 0 aliphatic heterocycles. The number of hydrogen-bond acceptors (Lipinski definition) is 8. The van der Waals surface area contributed by atoms with E-state index in [0.717, 1.165) is 0 Å². The van der Waals surface area contributed by atoms with E-state index in [4.69, 9.17) is 15.2 Å². The smallest absolute Gasteiger partial charge is 0.328 e. The highest BCUT2D eigenvalue weighted by Crippen LogP contribution is 2.10. The largest absolute Gasteiger partial charge is 0.467 e. The molecule has 0 aromatic heterocycles. The minimum absolute atomic E-state index is 0.00987. The molecule has 2 amide bonds. The van der Waals surface area contributed by atoms with Gasteiger partial charge in [0.25, 0.3) is 0 Å². The zero-order valence-electron chi connectivity index (χ0n) is 19.1. The van der Waals surface area contributed by atoms with Crippen LogP contribution in [0.25, 0.3) is 0 Å². The Labute approximate surface area is 183 Å². The summed E-state index contributed by atoms with van der Waals surface area (Å²) in [6.45, 7) is 9.11. The molecule has 0 fully saturated rings. The van der Waals surface area contributed by atoms with Gasteiger partial charge >= 0.3 is 11.9 Å². The van der Waals surface area contributed by atoms with Crippen LogP contribution in [0.3, 0.4) is 0 Å². The van der Waals surface area contributed by atoms with Crippen molar-refractivity contribution in [1.29, 1.82) is 0 Å². The molecule has 0 saturated heterocycles. The molecular formula is C20H37N3O6S. The third-order valence-corrected chi connectivity index (χ3v) is 4.56. The number of amides is 2. The highest BCUT2D eigenvalue weighted by atomic mass is 32.2. The lowest BCUT2D eigenvalue weighted by atomic mass is 10.0. The number of esters is 2. The quantitative estimate of drug-likeness (QED) is 0.377. The molecule has 0 aliphatic rings. The Balaban J connectivity index is 4.91. The van der Waals surface area contributed by atoms with Gasteiger partial charge in [0, 0.05) is 12.2 Å². The maximum absolute atomic E-state index is 12.7. The number of ether oxygens (including phenoxy) is 2. The highest BCUT2D eigenvalue weighted by molar-refractivity contribution is 7.98. The molecule has 0 rings (SSSR count). The molecule has 0 saturated carbocycles. The standard InChI is InChI=1S/C20H37N3O6S/c1-12(2)10-14(19(27)28-6)22-18(26)15(11-30-7)23-17(25)13(21)8-9-16(24)29-20(3,4)5/h12-15H,8-11,21H2,1-7H3,(H,22,26)(H,23,25)/t13-,14-,15-/m0/s1. The number of nitrogens with one attached hydrogen (secondary N) is 2. The summed E-state index contributed by atoms with van der Waals surface area (Å²) in [5, 5.41) is 5.25. The number of rotatable bonds is 12. The molecule has 0 unspecified atom stereocenters. The van der Waals surface area contributed by atoms with Crippen LogP contribution >= 0.6 is 11.8 Å². The summed E-state index contributed by atoms with van der Waals surface area (Å²) in [5.41, 5.74) is 5.26. The van der Waals surface area contributed by atoms with Gasteiger partial charge in [-0.15, -0.1) is 0 Å². The van der Waals surface area contributed by atoms with Crippen molar-refractivity contribution in [2.45, 2.75) is 77.6 Å². The summed E-state index contributed by atoms with van der Waals surface area (Å²) in [6, 6.07) is -2.65. The van der Waals surface area contributed by atoms with Gasteiger partial charge in [0.2, 0.25) is 11.8 Å². The van der Waals surface area contributed by atoms with E-state index >= 15 is 0 Å². The summed E-state index contributed by atoms with van der Waals surface area (Å²) >= 11 is 1.36. The normalized spacial score (nSPS) is 14.4. The third kappa shape index (κ3) is 12.0. The van der Waals surface area contributed by atoms with Crippen LogP contribution in [-0.2, 0) is 28.7 Å². The molecule has 174 valence electrons. The molecule has 0 aliphatic carbocycles. The van der Waals surface area contributed by atoms with Crippen LogP contribution in [0.15, 0.2) is 0 Å². The molecule has 9 nitrogen and oxygen atoms in total. The molecule has 0 heterocycles. The van der Waals surface area contributed by atoms with E-state index < -0.39 is 47.5 Å². The molecular weight excluding hydrogens is 410 g/mol. The van der Waals surface area contributed by atoms with E-state index in [1.807, 2.05) is 13.8 Å². The monoisotopic (exact) mass is 447 g/mol. The number of carbonyl (C=O) groups excluding carboxylic acids is 4. The van der Waals surface area contributed by atoms with Crippen molar-refractivity contribution in [3.05, 3.63) is 0 Å². The first kappa shape index (κ1) is 28.2. The molecule has 0 bridgehead atoms. The van der Waals surface area contributed by atoms with Gasteiger partial charge in [0.05, 0.1) is 13.2 Å². The van der Waals surface area contributed by atoms with Crippen LogP contribution in [0.1, 0.15) is 53.9 Å². The second kappa shape index (κ2) is 13.5. The minimum Gasteiger partial charge on any atom is -0.467 e. The summed E-state index contributed by atoms with van der Waals surface area (Å²) in [4.78, 5) is 48.8. The van der Waals surface area contributed by atoms with Gasteiger partial charge in [0.1, 0.15) is 17.7 Å². The van der Waals surface area contributed by atoms with E-state index in [2.05, 4.69) is 10.6 Å². The minimum atomic E-state index is -0.971.